The average Bonchev–Trinajstić information content (AvgIpc) is 2.37. The summed E-state index contributed by atoms with van der Waals surface area (Å²) in [4.78, 5) is 14.1. The fourth-order valence-corrected chi connectivity index (χ4v) is 0.984. The van der Waals surface area contributed by atoms with Crippen LogP contribution in [0.1, 0.15) is 0 Å². The number of likely N-dealkylation sites (N-methyl/N-ethyl adjacent to an activating group) is 1. The van der Waals surface area contributed by atoms with Gasteiger partial charge in [0.25, 0.3) is 5.91 Å². The number of hydrogen-bond acceptors (Lipinski definition) is 4. The third-order valence-corrected chi connectivity index (χ3v) is 1.62. The standard InChI is InChI=1S/C4H7N3OS/c1-5-4(8)3-2-6-7-9-3/h2,6-7H,1H3,(H,5,8). The van der Waals surface area contributed by atoms with Gasteiger partial charge in [-0.3, -0.25) is 4.79 Å². The SMILES string of the molecule is CNC(=O)C1=CNNS1. The minimum Gasteiger partial charge on any atom is -0.355 e. The smallest absolute Gasteiger partial charge is 0.260 e. The lowest BCUT2D eigenvalue weighted by Gasteiger charge is -1.94. The lowest BCUT2D eigenvalue weighted by molar-refractivity contribution is -0.116. The molecule has 50 valence electrons. The molecule has 4 nitrogen and oxygen atoms in total. The first-order valence-corrected chi connectivity index (χ1v) is 3.26. The zero-order valence-corrected chi connectivity index (χ0v) is 5.71. The molecule has 0 saturated carbocycles. The highest BCUT2D eigenvalue weighted by atomic mass is 32.2. The van der Waals surface area contributed by atoms with Crippen molar-refractivity contribution in [1.29, 1.82) is 0 Å². The van der Waals surface area contributed by atoms with Crippen LogP contribution in [0.15, 0.2) is 11.1 Å². The van der Waals surface area contributed by atoms with Gasteiger partial charge in [-0.2, -0.15) is 4.83 Å². The Labute approximate surface area is 57.2 Å². The van der Waals surface area contributed by atoms with Gasteiger partial charge in [0.15, 0.2) is 0 Å². The van der Waals surface area contributed by atoms with Crippen molar-refractivity contribution in [3.63, 3.8) is 0 Å². The van der Waals surface area contributed by atoms with E-state index in [-0.39, 0.29) is 5.91 Å². The third kappa shape index (κ3) is 1.36. The third-order valence-electron chi connectivity index (χ3n) is 0.874. The second kappa shape index (κ2) is 2.75. The fourth-order valence-electron chi connectivity index (χ4n) is 0.444. The van der Waals surface area contributed by atoms with Gasteiger partial charge in [0, 0.05) is 13.2 Å². The van der Waals surface area contributed by atoms with Gasteiger partial charge in [-0.1, -0.05) is 0 Å². The molecule has 0 aromatic rings. The predicted octanol–water partition coefficient (Wildman–Crippen LogP) is -0.670. The first-order valence-electron chi connectivity index (χ1n) is 2.44. The van der Waals surface area contributed by atoms with Crippen molar-refractivity contribution in [2.24, 2.45) is 0 Å². The normalized spacial score (nSPS) is 16.3. The summed E-state index contributed by atoms with van der Waals surface area (Å²) in [6, 6.07) is 0. The molecule has 0 bridgehead atoms. The van der Waals surface area contributed by atoms with Crippen molar-refractivity contribution in [3.8, 4) is 0 Å². The molecule has 1 amide bonds. The summed E-state index contributed by atoms with van der Waals surface area (Å²) in [6.07, 6.45) is 1.61. The fraction of sp³-hybridized carbons (Fsp3) is 0.250. The van der Waals surface area contributed by atoms with E-state index < -0.39 is 0 Å². The van der Waals surface area contributed by atoms with Gasteiger partial charge in [0.05, 0.1) is 0 Å². The number of hydrazine groups is 1. The molecule has 0 saturated heterocycles. The number of hydrogen-bond donors (Lipinski definition) is 3. The van der Waals surface area contributed by atoms with Gasteiger partial charge < -0.3 is 10.7 Å². The molecule has 0 aromatic heterocycles. The molecule has 9 heavy (non-hydrogen) atoms. The van der Waals surface area contributed by atoms with Crippen molar-refractivity contribution in [2.45, 2.75) is 0 Å². The number of rotatable bonds is 1. The highest BCUT2D eigenvalue weighted by Gasteiger charge is 2.10. The van der Waals surface area contributed by atoms with Crippen LogP contribution in [0.3, 0.4) is 0 Å². The second-order valence-corrected chi connectivity index (χ2v) is 2.28. The summed E-state index contributed by atoms with van der Waals surface area (Å²) in [7, 11) is 1.60. The Bertz CT molecular complexity index is 156. The Morgan fingerprint density at radius 1 is 1.89 bits per heavy atom. The van der Waals surface area contributed by atoms with Gasteiger partial charge in [0.1, 0.15) is 4.91 Å². The summed E-state index contributed by atoms with van der Waals surface area (Å²) in [5.74, 6) is -0.0718. The highest BCUT2D eigenvalue weighted by molar-refractivity contribution is 8.02. The molecule has 1 rings (SSSR count). The van der Waals surface area contributed by atoms with Crippen LogP contribution in [0.2, 0.25) is 0 Å². The van der Waals surface area contributed by atoms with E-state index in [1.807, 2.05) is 0 Å². The molecule has 0 atom stereocenters. The van der Waals surface area contributed by atoms with Crippen LogP contribution >= 0.6 is 11.9 Å². The molecule has 1 heterocycles. The van der Waals surface area contributed by atoms with Crippen molar-refractivity contribution >= 4 is 17.9 Å². The highest BCUT2D eigenvalue weighted by Crippen LogP contribution is 2.12. The van der Waals surface area contributed by atoms with E-state index in [2.05, 4.69) is 15.6 Å². The Morgan fingerprint density at radius 3 is 3.11 bits per heavy atom. The van der Waals surface area contributed by atoms with Crippen LogP contribution in [0.5, 0.6) is 0 Å². The largest absolute Gasteiger partial charge is 0.355 e. The number of amides is 1. The van der Waals surface area contributed by atoms with E-state index >= 15 is 0 Å². The summed E-state index contributed by atoms with van der Waals surface area (Å²) >= 11 is 1.26. The molecule has 0 aliphatic carbocycles. The number of carbonyl (C=O) groups excluding carboxylic acids is 1. The first-order chi connectivity index (χ1) is 4.34. The Balaban J connectivity index is 2.51. The van der Waals surface area contributed by atoms with Crippen LogP contribution < -0.4 is 15.6 Å². The topological polar surface area (TPSA) is 53.2 Å². The molecule has 3 N–H and O–H groups in total. The zero-order valence-electron chi connectivity index (χ0n) is 4.89. The molecule has 0 unspecified atom stereocenters. The molecular weight excluding hydrogens is 138 g/mol. The summed E-state index contributed by atoms with van der Waals surface area (Å²) < 4.78 is 0. The predicted molar refractivity (Wildman–Crippen MR) is 36.0 cm³/mol. The van der Waals surface area contributed by atoms with E-state index in [9.17, 15) is 4.79 Å². The van der Waals surface area contributed by atoms with Crippen LogP contribution in [0.4, 0.5) is 0 Å². The lowest BCUT2D eigenvalue weighted by atomic mass is 10.5. The Morgan fingerprint density at radius 2 is 2.67 bits per heavy atom. The summed E-state index contributed by atoms with van der Waals surface area (Å²) in [6.45, 7) is 0. The molecule has 0 spiro atoms. The molecule has 5 heteroatoms. The first kappa shape index (κ1) is 6.44. The lowest BCUT2D eigenvalue weighted by Crippen LogP contribution is -2.17. The minimum atomic E-state index is -0.0718. The molecule has 1 aliphatic heterocycles. The van der Waals surface area contributed by atoms with Gasteiger partial charge in [0.2, 0.25) is 0 Å². The molecular formula is C4H7N3OS. The number of carbonyl (C=O) groups is 1. The van der Waals surface area contributed by atoms with Crippen molar-refractivity contribution < 1.29 is 4.79 Å². The van der Waals surface area contributed by atoms with Crippen molar-refractivity contribution in [1.82, 2.24) is 15.6 Å². The Hall–Kier alpha value is -0.680. The maximum Gasteiger partial charge on any atom is 0.260 e. The van der Waals surface area contributed by atoms with Crippen molar-refractivity contribution in [2.75, 3.05) is 7.05 Å². The van der Waals surface area contributed by atoms with E-state index in [0.29, 0.717) is 4.91 Å². The van der Waals surface area contributed by atoms with Crippen LogP contribution in [0, 0.1) is 0 Å². The molecule has 0 aromatic carbocycles. The second-order valence-electron chi connectivity index (χ2n) is 1.44. The van der Waals surface area contributed by atoms with E-state index in [0.717, 1.165) is 0 Å². The summed E-state index contributed by atoms with van der Waals surface area (Å²) in [5.41, 5.74) is 2.68. The van der Waals surface area contributed by atoms with E-state index in [4.69, 9.17) is 0 Å². The average molecular weight is 145 g/mol. The molecule has 0 radical (unpaired) electrons. The van der Waals surface area contributed by atoms with Crippen molar-refractivity contribution in [3.05, 3.63) is 11.1 Å². The van der Waals surface area contributed by atoms with E-state index in [1.165, 1.54) is 11.9 Å². The van der Waals surface area contributed by atoms with Gasteiger partial charge in [-0.15, -0.1) is 0 Å². The quantitative estimate of drug-likeness (QED) is 0.428. The Kier molecular flexibility index (Phi) is 1.96. The molecule has 1 aliphatic rings. The van der Waals surface area contributed by atoms with Crippen LogP contribution in [-0.2, 0) is 4.79 Å². The maximum absolute atomic E-state index is 10.7. The minimum absolute atomic E-state index is 0.0718. The van der Waals surface area contributed by atoms with Crippen LogP contribution in [-0.4, -0.2) is 13.0 Å². The van der Waals surface area contributed by atoms with Gasteiger partial charge in [-0.25, -0.2) is 0 Å². The van der Waals surface area contributed by atoms with E-state index in [1.54, 1.807) is 13.2 Å². The monoisotopic (exact) mass is 145 g/mol. The maximum atomic E-state index is 10.7. The van der Waals surface area contributed by atoms with Gasteiger partial charge in [-0.05, 0) is 11.9 Å². The van der Waals surface area contributed by atoms with Gasteiger partial charge >= 0.3 is 0 Å². The molecule has 0 fully saturated rings. The van der Waals surface area contributed by atoms with Crippen LogP contribution in [0.25, 0.3) is 0 Å². The number of nitrogens with one attached hydrogen (secondary N) is 3. The summed E-state index contributed by atoms with van der Waals surface area (Å²) in [5, 5.41) is 2.50. The zero-order chi connectivity index (χ0) is 6.69.